The smallest absolute Gasteiger partial charge is 0.211 e. The van der Waals surface area contributed by atoms with Crippen LogP contribution in [-0.2, 0) is 4.57 Å². The lowest BCUT2D eigenvalue weighted by molar-refractivity contribution is 0.474. The van der Waals surface area contributed by atoms with Gasteiger partial charge < -0.3 is 10.00 Å². The van der Waals surface area contributed by atoms with E-state index in [0.29, 0.717) is 0 Å². The Balaban J connectivity index is 3.50. The van der Waals surface area contributed by atoms with E-state index in [2.05, 4.69) is 0 Å². The van der Waals surface area contributed by atoms with Crippen molar-refractivity contribution >= 4 is 8.03 Å². The van der Waals surface area contributed by atoms with Crippen LogP contribution < -0.4 is 0 Å². The molecule has 0 bridgehead atoms. The Bertz CT molecular complexity index is 127. The molecule has 0 aromatic heterocycles. The van der Waals surface area contributed by atoms with Gasteiger partial charge in [-0.25, -0.2) is 0 Å². The average molecular weight is 134 g/mol. The van der Waals surface area contributed by atoms with Crippen molar-refractivity contribution in [3.05, 3.63) is 24.2 Å². The molecule has 8 heavy (non-hydrogen) atoms. The molecule has 0 amide bonds. The lowest BCUT2D eigenvalue weighted by atomic mass is 10.6. The van der Waals surface area contributed by atoms with Gasteiger partial charge in [0.15, 0.2) is 0 Å². The number of hydrogen-bond acceptors (Lipinski definition) is 2. The quantitative estimate of drug-likeness (QED) is 0.337. The minimum absolute atomic E-state index is 0.793. The molecule has 3 nitrogen and oxygen atoms in total. The average Bonchev–Trinajstić information content (AvgIpc) is 1.66. The van der Waals surface area contributed by atoms with Crippen molar-refractivity contribution in [3.8, 4) is 0 Å². The second kappa shape index (κ2) is 4.62. The summed E-state index contributed by atoms with van der Waals surface area (Å²) in [5, 5.41) is 7.97. The fourth-order valence-electron chi connectivity index (χ4n) is 0.188. The molecule has 46 valence electrons. The normalized spacial score (nSPS) is 15.6. The molecule has 1 atom stereocenters. The molecule has 0 radical (unpaired) electrons. The summed E-state index contributed by atoms with van der Waals surface area (Å²) < 4.78 is 9.86. The SMILES string of the molecule is O=[PH](O)C=CC=CO. The molecule has 0 aromatic rings. The zero-order valence-electron chi connectivity index (χ0n) is 4.11. The number of rotatable bonds is 2. The second-order valence-corrected chi connectivity index (χ2v) is 2.05. The Hall–Kier alpha value is -0.530. The Morgan fingerprint density at radius 2 is 2.00 bits per heavy atom. The first kappa shape index (κ1) is 7.47. The maximum Gasteiger partial charge on any atom is 0.211 e. The lowest BCUT2D eigenvalue weighted by Crippen LogP contribution is -1.48. The first-order chi connectivity index (χ1) is 3.77. The fraction of sp³-hybridized carbons (Fsp3) is 0. The summed E-state index contributed by atoms with van der Waals surface area (Å²) in [6.45, 7) is 0. The summed E-state index contributed by atoms with van der Waals surface area (Å²) in [5.41, 5.74) is 0. The van der Waals surface area contributed by atoms with Crippen LogP contribution in [-0.4, -0.2) is 10.00 Å². The molecule has 0 aliphatic heterocycles. The van der Waals surface area contributed by atoms with Gasteiger partial charge in [0.05, 0.1) is 6.26 Å². The van der Waals surface area contributed by atoms with Crippen LogP contribution in [0.1, 0.15) is 0 Å². The Kier molecular flexibility index (Phi) is 4.32. The van der Waals surface area contributed by atoms with Crippen molar-refractivity contribution < 1.29 is 14.6 Å². The van der Waals surface area contributed by atoms with E-state index in [0.717, 1.165) is 12.1 Å². The van der Waals surface area contributed by atoms with Gasteiger partial charge >= 0.3 is 0 Å². The zero-order valence-corrected chi connectivity index (χ0v) is 5.11. The molecular formula is C4H7O3P. The largest absolute Gasteiger partial charge is 0.516 e. The van der Waals surface area contributed by atoms with Crippen LogP contribution in [0.4, 0.5) is 0 Å². The van der Waals surface area contributed by atoms with Gasteiger partial charge in [-0.3, -0.25) is 4.57 Å². The fourth-order valence-corrected chi connectivity index (χ4v) is 0.463. The standard InChI is InChI=1S/C4H7O3P/c5-3-1-2-4-8(6)7/h1-5,8H,(H,6,7). The van der Waals surface area contributed by atoms with Crippen LogP contribution in [0.15, 0.2) is 24.2 Å². The number of allylic oxidation sites excluding steroid dienone is 2. The minimum atomic E-state index is -2.50. The van der Waals surface area contributed by atoms with Crippen LogP contribution in [0.25, 0.3) is 0 Å². The molecule has 0 spiro atoms. The lowest BCUT2D eigenvalue weighted by Gasteiger charge is -1.73. The number of aliphatic hydroxyl groups excluding tert-OH is 1. The van der Waals surface area contributed by atoms with E-state index in [1.807, 2.05) is 0 Å². The highest BCUT2D eigenvalue weighted by Crippen LogP contribution is 2.13. The first-order valence-corrected chi connectivity index (χ1v) is 3.41. The van der Waals surface area contributed by atoms with Gasteiger partial charge in [-0.2, -0.15) is 0 Å². The van der Waals surface area contributed by atoms with Crippen LogP contribution in [0.3, 0.4) is 0 Å². The summed E-state index contributed by atoms with van der Waals surface area (Å²) in [6, 6.07) is 0. The molecule has 0 aliphatic rings. The highest BCUT2D eigenvalue weighted by Gasteiger charge is 1.74. The van der Waals surface area contributed by atoms with Gasteiger partial charge in [0.1, 0.15) is 0 Å². The minimum Gasteiger partial charge on any atom is -0.516 e. The Morgan fingerprint density at radius 3 is 2.38 bits per heavy atom. The van der Waals surface area contributed by atoms with E-state index >= 15 is 0 Å². The summed E-state index contributed by atoms with van der Waals surface area (Å²) in [6.07, 6.45) is 3.36. The van der Waals surface area contributed by atoms with E-state index in [1.165, 1.54) is 12.2 Å². The molecule has 0 aromatic carbocycles. The van der Waals surface area contributed by atoms with Gasteiger partial charge in [-0.1, -0.05) is 6.08 Å². The second-order valence-electron chi connectivity index (χ2n) is 1.04. The first-order valence-electron chi connectivity index (χ1n) is 1.97. The van der Waals surface area contributed by atoms with Gasteiger partial charge in [0, 0.05) is 0 Å². The van der Waals surface area contributed by atoms with Crippen molar-refractivity contribution in [3.63, 3.8) is 0 Å². The van der Waals surface area contributed by atoms with E-state index in [9.17, 15) is 4.57 Å². The highest BCUT2D eigenvalue weighted by molar-refractivity contribution is 7.41. The Morgan fingerprint density at radius 1 is 1.38 bits per heavy atom. The zero-order chi connectivity index (χ0) is 6.41. The predicted molar refractivity (Wildman–Crippen MR) is 32.1 cm³/mol. The van der Waals surface area contributed by atoms with E-state index in [-0.39, 0.29) is 0 Å². The molecular weight excluding hydrogens is 127 g/mol. The van der Waals surface area contributed by atoms with E-state index in [1.54, 1.807) is 0 Å². The van der Waals surface area contributed by atoms with Crippen molar-refractivity contribution in [1.82, 2.24) is 0 Å². The van der Waals surface area contributed by atoms with Crippen LogP contribution in [0, 0.1) is 0 Å². The van der Waals surface area contributed by atoms with Crippen molar-refractivity contribution in [1.29, 1.82) is 0 Å². The number of hydrogen-bond donors (Lipinski definition) is 2. The molecule has 2 N–H and O–H groups in total. The third kappa shape index (κ3) is 5.47. The summed E-state index contributed by atoms with van der Waals surface area (Å²) in [4.78, 5) is 8.12. The van der Waals surface area contributed by atoms with Crippen molar-refractivity contribution in [2.45, 2.75) is 0 Å². The topological polar surface area (TPSA) is 57.5 Å². The van der Waals surface area contributed by atoms with Gasteiger partial charge in [-0.05, 0) is 11.9 Å². The van der Waals surface area contributed by atoms with Gasteiger partial charge in [-0.15, -0.1) is 0 Å². The molecule has 0 saturated heterocycles. The molecule has 0 rings (SSSR count). The highest BCUT2D eigenvalue weighted by atomic mass is 31.1. The monoisotopic (exact) mass is 134 g/mol. The molecule has 0 aliphatic carbocycles. The molecule has 0 fully saturated rings. The number of aliphatic hydroxyl groups is 1. The third-order valence-corrected chi connectivity index (χ3v) is 0.914. The molecule has 0 heterocycles. The van der Waals surface area contributed by atoms with Crippen LogP contribution >= 0.6 is 8.03 Å². The van der Waals surface area contributed by atoms with Crippen molar-refractivity contribution in [2.75, 3.05) is 0 Å². The van der Waals surface area contributed by atoms with Crippen LogP contribution in [0.5, 0.6) is 0 Å². The van der Waals surface area contributed by atoms with Gasteiger partial charge in [0.25, 0.3) is 0 Å². The maximum atomic E-state index is 9.86. The summed E-state index contributed by atoms with van der Waals surface area (Å²) >= 11 is 0. The third-order valence-electron chi connectivity index (χ3n) is 0.436. The summed E-state index contributed by atoms with van der Waals surface area (Å²) in [5.74, 6) is 1.11. The molecule has 0 saturated carbocycles. The Labute approximate surface area is 47.8 Å². The van der Waals surface area contributed by atoms with Gasteiger partial charge in [0.2, 0.25) is 8.03 Å². The van der Waals surface area contributed by atoms with Crippen molar-refractivity contribution in [2.24, 2.45) is 0 Å². The summed E-state index contributed by atoms with van der Waals surface area (Å²) in [7, 11) is -2.50. The van der Waals surface area contributed by atoms with E-state index in [4.69, 9.17) is 10.00 Å². The van der Waals surface area contributed by atoms with Crippen LogP contribution in [0.2, 0.25) is 0 Å². The predicted octanol–water partition coefficient (Wildman–Crippen LogP) is 1.04. The molecule has 1 unspecified atom stereocenters. The van der Waals surface area contributed by atoms with E-state index < -0.39 is 8.03 Å². The molecule has 4 heteroatoms. The maximum absolute atomic E-state index is 9.86.